The van der Waals surface area contributed by atoms with Crippen LogP contribution in [0, 0.1) is 28.9 Å². The van der Waals surface area contributed by atoms with E-state index in [1.807, 2.05) is 0 Å². The Labute approximate surface area is 126 Å². The molecule has 22 heavy (non-hydrogen) atoms. The normalized spacial score (nSPS) is 29.0. The number of nitrogens with zero attached hydrogens (tertiary/aromatic N) is 1. The van der Waals surface area contributed by atoms with Gasteiger partial charge in [-0.05, 0) is 37.8 Å². The Kier molecular flexibility index (Phi) is 3.52. The highest BCUT2D eigenvalue weighted by atomic mass is 32.2. The maximum absolute atomic E-state index is 13.6. The number of carbonyl (C=O) groups excluding carboxylic acids is 1. The Balaban J connectivity index is 1.89. The molecule has 0 spiro atoms. The highest BCUT2D eigenvalue weighted by Crippen LogP contribution is 2.42. The zero-order valence-corrected chi connectivity index (χ0v) is 12.4. The molecule has 2 heterocycles. The van der Waals surface area contributed by atoms with Crippen LogP contribution >= 0.6 is 0 Å². The van der Waals surface area contributed by atoms with Crippen LogP contribution in [0.1, 0.15) is 41.6 Å². The van der Waals surface area contributed by atoms with Crippen molar-refractivity contribution in [3.63, 3.8) is 0 Å². The molecule has 3 rings (SSSR count). The molecule has 0 radical (unpaired) electrons. The van der Waals surface area contributed by atoms with Gasteiger partial charge in [0, 0.05) is 11.5 Å². The first kappa shape index (κ1) is 15.1. The van der Waals surface area contributed by atoms with Crippen LogP contribution in [0.2, 0.25) is 0 Å². The Morgan fingerprint density at radius 1 is 1.14 bits per heavy atom. The summed E-state index contributed by atoms with van der Waals surface area (Å²) in [6.45, 7) is 0. The molecule has 0 aliphatic carbocycles. The molecule has 1 aromatic carbocycles. The van der Waals surface area contributed by atoms with Gasteiger partial charge in [0.15, 0.2) is 15.6 Å². The molecule has 2 atom stereocenters. The summed E-state index contributed by atoms with van der Waals surface area (Å²) >= 11 is 0. The highest BCUT2D eigenvalue weighted by Gasteiger charge is 2.48. The molecule has 2 saturated heterocycles. The lowest BCUT2D eigenvalue weighted by molar-refractivity contribution is 0.0904. The predicted octanol–water partition coefficient (Wildman–Crippen LogP) is 2.37. The van der Waals surface area contributed by atoms with E-state index >= 15 is 0 Å². The fourth-order valence-corrected chi connectivity index (χ4v) is 5.95. The number of carbonyl (C=O) groups is 1. The molecular formula is C15H13F2NO3S. The number of halogens is 2. The molecule has 7 heteroatoms. The van der Waals surface area contributed by atoms with E-state index in [2.05, 4.69) is 0 Å². The second-order valence-corrected chi connectivity index (χ2v) is 8.38. The van der Waals surface area contributed by atoms with Crippen molar-refractivity contribution in [2.75, 3.05) is 0 Å². The van der Waals surface area contributed by atoms with Crippen molar-refractivity contribution in [3.05, 3.63) is 34.9 Å². The fraction of sp³-hybridized carbons (Fsp3) is 0.467. The average Bonchev–Trinajstić information content (AvgIpc) is 2.66. The zero-order chi connectivity index (χ0) is 16.1. The molecule has 2 aliphatic heterocycles. The number of hydrogen-bond donors (Lipinski definition) is 0. The van der Waals surface area contributed by atoms with Crippen molar-refractivity contribution in [2.45, 2.75) is 36.2 Å². The summed E-state index contributed by atoms with van der Waals surface area (Å²) in [6.07, 6.45) is 1.52. The minimum Gasteiger partial charge on any atom is -0.294 e. The van der Waals surface area contributed by atoms with Crippen LogP contribution in [0.15, 0.2) is 12.1 Å². The second-order valence-electron chi connectivity index (χ2n) is 5.87. The van der Waals surface area contributed by atoms with Gasteiger partial charge in [-0.15, -0.1) is 0 Å². The standard InChI is InChI=1S/C15H13F2NO3S/c16-13-5-9(6-14(17)12(13)7-18)15(19)8-3-10-1-2-11(4-8)22(10,20)21/h5-6,8,10-11H,1-4H2. The van der Waals surface area contributed by atoms with Gasteiger partial charge in [0.25, 0.3) is 0 Å². The van der Waals surface area contributed by atoms with Gasteiger partial charge in [-0.2, -0.15) is 5.26 Å². The number of rotatable bonds is 2. The summed E-state index contributed by atoms with van der Waals surface area (Å²) < 4.78 is 51.2. The molecule has 2 bridgehead atoms. The van der Waals surface area contributed by atoms with Crippen LogP contribution < -0.4 is 0 Å². The van der Waals surface area contributed by atoms with Gasteiger partial charge in [-0.1, -0.05) is 0 Å². The maximum Gasteiger partial charge on any atom is 0.166 e. The molecule has 1 aromatic rings. The molecule has 0 amide bonds. The number of benzene rings is 1. The summed E-state index contributed by atoms with van der Waals surface area (Å²) in [5.74, 6) is -3.13. The van der Waals surface area contributed by atoms with Gasteiger partial charge < -0.3 is 0 Å². The molecule has 2 aliphatic rings. The lowest BCUT2D eigenvalue weighted by Gasteiger charge is -2.27. The molecule has 116 valence electrons. The summed E-state index contributed by atoms with van der Waals surface area (Å²) in [5, 5.41) is 7.59. The molecule has 0 aromatic heterocycles. The van der Waals surface area contributed by atoms with E-state index in [4.69, 9.17) is 5.26 Å². The second kappa shape index (κ2) is 5.13. The Hall–Kier alpha value is -1.81. The molecule has 0 N–H and O–H groups in total. The Bertz CT molecular complexity index is 754. The first-order chi connectivity index (χ1) is 10.3. The molecule has 2 unspecified atom stereocenters. The molecule has 0 saturated carbocycles. The average molecular weight is 325 g/mol. The van der Waals surface area contributed by atoms with Crippen LogP contribution in [0.5, 0.6) is 0 Å². The van der Waals surface area contributed by atoms with Gasteiger partial charge in [-0.25, -0.2) is 17.2 Å². The minimum absolute atomic E-state index is 0.141. The van der Waals surface area contributed by atoms with Crippen LogP contribution in [0.3, 0.4) is 0 Å². The van der Waals surface area contributed by atoms with E-state index in [1.54, 1.807) is 0 Å². The quantitative estimate of drug-likeness (QED) is 0.782. The van der Waals surface area contributed by atoms with Crippen LogP contribution in [0.4, 0.5) is 8.78 Å². The number of hydrogen-bond acceptors (Lipinski definition) is 4. The maximum atomic E-state index is 13.6. The number of fused-ring (bicyclic) bond motifs is 2. The number of nitriles is 1. The lowest BCUT2D eigenvalue weighted by Crippen LogP contribution is -2.36. The van der Waals surface area contributed by atoms with Gasteiger partial charge in [0.05, 0.1) is 10.5 Å². The van der Waals surface area contributed by atoms with Crippen LogP contribution in [-0.4, -0.2) is 24.7 Å². The topological polar surface area (TPSA) is 75.0 Å². The third-order valence-electron chi connectivity index (χ3n) is 4.64. The van der Waals surface area contributed by atoms with Crippen molar-refractivity contribution in [1.29, 1.82) is 5.26 Å². The largest absolute Gasteiger partial charge is 0.294 e. The summed E-state index contributed by atoms with van der Waals surface area (Å²) in [7, 11) is -3.15. The van der Waals surface area contributed by atoms with Crippen LogP contribution in [0.25, 0.3) is 0 Å². The van der Waals surface area contributed by atoms with Crippen molar-refractivity contribution in [3.8, 4) is 6.07 Å². The molecular weight excluding hydrogens is 312 g/mol. The van der Waals surface area contributed by atoms with E-state index < -0.39 is 49.2 Å². The van der Waals surface area contributed by atoms with Crippen molar-refractivity contribution >= 4 is 15.6 Å². The van der Waals surface area contributed by atoms with Gasteiger partial charge in [0.2, 0.25) is 0 Å². The van der Waals surface area contributed by atoms with Gasteiger partial charge >= 0.3 is 0 Å². The first-order valence-corrected chi connectivity index (χ1v) is 8.61. The zero-order valence-electron chi connectivity index (χ0n) is 11.6. The fourth-order valence-electron chi connectivity index (χ4n) is 3.48. The SMILES string of the molecule is N#Cc1c(F)cc(C(=O)C2CC3CCC(C2)S3(=O)=O)cc1F. The third-order valence-corrected chi connectivity index (χ3v) is 7.36. The Morgan fingerprint density at radius 2 is 1.64 bits per heavy atom. The third kappa shape index (κ3) is 2.22. The lowest BCUT2D eigenvalue weighted by atomic mass is 9.90. The van der Waals surface area contributed by atoms with Crippen molar-refractivity contribution in [1.82, 2.24) is 0 Å². The molecule has 2 fully saturated rings. The van der Waals surface area contributed by atoms with E-state index in [0.717, 1.165) is 12.1 Å². The smallest absolute Gasteiger partial charge is 0.166 e. The van der Waals surface area contributed by atoms with Crippen molar-refractivity contribution in [2.24, 2.45) is 5.92 Å². The predicted molar refractivity (Wildman–Crippen MR) is 73.9 cm³/mol. The Morgan fingerprint density at radius 3 is 2.09 bits per heavy atom. The summed E-state index contributed by atoms with van der Waals surface area (Å²) in [6, 6.07) is 3.12. The molecule has 4 nitrogen and oxygen atoms in total. The highest BCUT2D eigenvalue weighted by molar-refractivity contribution is 7.93. The van der Waals surface area contributed by atoms with Gasteiger partial charge in [0.1, 0.15) is 23.3 Å². The monoisotopic (exact) mass is 325 g/mol. The van der Waals surface area contributed by atoms with Crippen LogP contribution in [-0.2, 0) is 9.84 Å². The van der Waals surface area contributed by atoms with E-state index in [1.165, 1.54) is 6.07 Å². The first-order valence-electron chi connectivity index (χ1n) is 7.00. The van der Waals surface area contributed by atoms with Crippen molar-refractivity contribution < 1.29 is 22.0 Å². The van der Waals surface area contributed by atoms with Gasteiger partial charge in [-0.3, -0.25) is 4.79 Å². The summed E-state index contributed by atoms with van der Waals surface area (Å²) in [5.41, 5.74) is -0.861. The van der Waals surface area contributed by atoms with E-state index in [9.17, 15) is 22.0 Å². The van der Waals surface area contributed by atoms with E-state index in [0.29, 0.717) is 12.8 Å². The number of Topliss-reactive ketones (excluding diaryl/α,β-unsaturated/α-hetero) is 1. The summed E-state index contributed by atoms with van der Waals surface area (Å²) in [4.78, 5) is 12.4. The minimum atomic E-state index is -3.15. The number of sulfone groups is 1. The number of ketones is 1. The van der Waals surface area contributed by atoms with E-state index in [-0.39, 0.29) is 18.4 Å².